The van der Waals surface area contributed by atoms with Crippen molar-refractivity contribution in [3.05, 3.63) is 23.8 Å². The Hall–Kier alpha value is -0.560. The third-order valence-corrected chi connectivity index (χ3v) is 1.53. The summed E-state index contributed by atoms with van der Waals surface area (Å²) in [5.74, 6) is 0. The zero-order valence-electron chi connectivity index (χ0n) is 7.91. The fourth-order valence-corrected chi connectivity index (χ4v) is 0.650. The van der Waals surface area contributed by atoms with Crippen LogP contribution in [-0.2, 0) is 0 Å². The van der Waals surface area contributed by atoms with Gasteiger partial charge in [-0.1, -0.05) is 30.7 Å². The van der Waals surface area contributed by atoms with Crippen molar-refractivity contribution in [1.29, 1.82) is 0 Å². The van der Waals surface area contributed by atoms with Crippen molar-refractivity contribution in [2.24, 2.45) is 0 Å². The van der Waals surface area contributed by atoms with Gasteiger partial charge >= 0.3 is 0 Å². The molecule has 1 heteroatoms. The second kappa shape index (κ2) is 6.17. The van der Waals surface area contributed by atoms with Gasteiger partial charge in [0, 0.05) is 13.1 Å². The Morgan fingerprint density at radius 2 is 2.09 bits per heavy atom. The maximum Gasteiger partial charge on any atom is 0.0164 e. The van der Waals surface area contributed by atoms with Crippen molar-refractivity contribution in [3.8, 4) is 0 Å². The SMILES string of the molecule is C=C(CC)CNCC=C(C)C. The zero-order valence-corrected chi connectivity index (χ0v) is 7.91. The third kappa shape index (κ3) is 7.34. The predicted octanol–water partition coefficient (Wildman–Crippen LogP) is 2.51. The van der Waals surface area contributed by atoms with E-state index in [1.807, 2.05) is 0 Å². The van der Waals surface area contributed by atoms with Crippen molar-refractivity contribution in [2.45, 2.75) is 27.2 Å². The quantitative estimate of drug-likeness (QED) is 0.472. The highest BCUT2D eigenvalue weighted by Gasteiger charge is 1.87. The van der Waals surface area contributed by atoms with Gasteiger partial charge in [-0.25, -0.2) is 0 Å². The summed E-state index contributed by atoms with van der Waals surface area (Å²) >= 11 is 0. The van der Waals surface area contributed by atoms with Crippen LogP contribution in [-0.4, -0.2) is 13.1 Å². The van der Waals surface area contributed by atoms with Gasteiger partial charge in [0.15, 0.2) is 0 Å². The summed E-state index contributed by atoms with van der Waals surface area (Å²) in [6.07, 6.45) is 3.25. The summed E-state index contributed by atoms with van der Waals surface area (Å²) in [6, 6.07) is 0. The predicted molar refractivity (Wildman–Crippen MR) is 51.7 cm³/mol. The first-order valence-electron chi connectivity index (χ1n) is 4.17. The second-order valence-corrected chi connectivity index (χ2v) is 3.02. The number of hydrogen-bond acceptors (Lipinski definition) is 1. The molecule has 0 aliphatic rings. The van der Waals surface area contributed by atoms with E-state index in [0.717, 1.165) is 19.5 Å². The first kappa shape index (κ1) is 10.4. The molecule has 64 valence electrons. The molecular weight excluding hydrogens is 134 g/mol. The largest absolute Gasteiger partial charge is 0.310 e. The standard InChI is InChI=1S/C10H19N/c1-5-10(4)8-11-7-6-9(2)3/h6,11H,4-5,7-8H2,1-3H3. The van der Waals surface area contributed by atoms with Gasteiger partial charge in [-0.05, 0) is 20.3 Å². The Labute approximate surface area is 70.2 Å². The average molecular weight is 153 g/mol. The molecular formula is C10H19N. The smallest absolute Gasteiger partial charge is 0.0164 e. The van der Waals surface area contributed by atoms with E-state index in [1.54, 1.807) is 0 Å². The highest BCUT2D eigenvalue weighted by molar-refractivity contribution is 4.98. The fraction of sp³-hybridized carbons (Fsp3) is 0.600. The first-order chi connectivity index (χ1) is 5.16. The average Bonchev–Trinajstić information content (AvgIpc) is 1.97. The monoisotopic (exact) mass is 153 g/mol. The summed E-state index contributed by atoms with van der Waals surface area (Å²) in [7, 11) is 0. The number of allylic oxidation sites excluding steroid dienone is 1. The van der Waals surface area contributed by atoms with Gasteiger partial charge in [0.05, 0.1) is 0 Å². The van der Waals surface area contributed by atoms with Gasteiger partial charge in [0.1, 0.15) is 0 Å². The third-order valence-electron chi connectivity index (χ3n) is 1.53. The van der Waals surface area contributed by atoms with Gasteiger partial charge in [0.2, 0.25) is 0 Å². The number of hydrogen-bond donors (Lipinski definition) is 1. The Morgan fingerprint density at radius 3 is 2.55 bits per heavy atom. The summed E-state index contributed by atoms with van der Waals surface area (Å²) < 4.78 is 0. The molecule has 0 unspecified atom stereocenters. The highest BCUT2D eigenvalue weighted by Crippen LogP contribution is 1.92. The van der Waals surface area contributed by atoms with Crippen LogP contribution >= 0.6 is 0 Å². The lowest BCUT2D eigenvalue weighted by Crippen LogP contribution is -2.16. The van der Waals surface area contributed by atoms with E-state index in [1.165, 1.54) is 11.1 Å². The minimum absolute atomic E-state index is 0.945. The number of rotatable bonds is 5. The zero-order chi connectivity index (χ0) is 8.69. The molecule has 0 aromatic carbocycles. The fourth-order valence-electron chi connectivity index (χ4n) is 0.650. The lowest BCUT2D eigenvalue weighted by Gasteiger charge is -2.02. The van der Waals surface area contributed by atoms with Crippen LogP contribution in [0.25, 0.3) is 0 Å². The lowest BCUT2D eigenvalue weighted by atomic mass is 10.2. The van der Waals surface area contributed by atoms with Gasteiger partial charge < -0.3 is 5.32 Å². The van der Waals surface area contributed by atoms with E-state index in [4.69, 9.17) is 0 Å². The first-order valence-corrected chi connectivity index (χ1v) is 4.17. The summed E-state index contributed by atoms with van der Waals surface area (Å²) in [4.78, 5) is 0. The van der Waals surface area contributed by atoms with Crippen molar-refractivity contribution in [2.75, 3.05) is 13.1 Å². The Balaban J connectivity index is 3.28. The minimum Gasteiger partial charge on any atom is -0.310 e. The molecule has 0 bridgehead atoms. The molecule has 0 aliphatic heterocycles. The molecule has 0 fully saturated rings. The van der Waals surface area contributed by atoms with Crippen LogP contribution in [0.4, 0.5) is 0 Å². The maximum absolute atomic E-state index is 3.91. The minimum atomic E-state index is 0.945. The Kier molecular flexibility index (Phi) is 5.86. The molecule has 11 heavy (non-hydrogen) atoms. The summed E-state index contributed by atoms with van der Waals surface area (Å²) in [5, 5.41) is 3.29. The van der Waals surface area contributed by atoms with Crippen LogP contribution in [0.1, 0.15) is 27.2 Å². The molecule has 1 nitrogen and oxygen atoms in total. The molecule has 0 saturated carbocycles. The number of nitrogens with one attached hydrogen (secondary N) is 1. The van der Waals surface area contributed by atoms with Crippen LogP contribution in [0.5, 0.6) is 0 Å². The summed E-state index contributed by atoms with van der Waals surface area (Å²) in [5.41, 5.74) is 2.63. The van der Waals surface area contributed by atoms with E-state index in [2.05, 4.69) is 38.7 Å². The van der Waals surface area contributed by atoms with Crippen molar-refractivity contribution in [3.63, 3.8) is 0 Å². The second-order valence-electron chi connectivity index (χ2n) is 3.02. The van der Waals surface area contributed by atoms with Crippen LogP contribution < -0.4 is 5.32 Å². The van der Waals surface area contributed by atoms with E-state index in [0.29, 0.717) is 0 Å². The van der Waals surface area contributed by atoms with Crippen LogP contribution in [0, 0.1) is 0 Å². The van der Waals surface area contributed by atoms with Crippen molar-refractivity contribution in [1.82, 2.24) is 5.32 Å². The van der Waals surface area contributed by atoms with Crippen LogP contribution in [0.3, 0.4) is 0 Å². The maximum atomic E-state index is 3.91. The highest BCUT2D eigenvalue weighted by atomic mass is 14.8. The summed E-state index contributed by atoms with van der Waals surface area (Å²) in [6.45, 7) is 12.2. The van der Waals surface area contributed by atoms with Gasteiger partial charge in [0.25, 0.3) is 0 Å². The molecule has 0 aromatic rings. The van der Waals surface area contributed by atoms with Gasteiger partial charge in [-0.2, -0.15) is 0 Å². The topological polar surface area (TPSA) is 12.0 Å². The Bertz CT molecular complexity index is 141. The van der Waals surface area contributed by atoms with E-state index >= 15 is 0 Å². The molecule has 0 atom stereocenters. The lowest BCUT2D eigenvalue weighted by molar-refractivity contribution is 0.791. The molecule has 1 N–H and O–H groups in total. The van der Waals surface area contributed by atoms with E-state index < -0.39 is 0 Å². The van der Waals surface area contributed by atoms with Gasteiger partial charge in [-0.15, -0.1) is 0 Å². The van der Waals surface area contributed by atoms with Crippen LogP contribution in [0.2, 0.25) is 0 Å². The van der Waals surface area contributed by atoms with Gasteiger partial charge in [-0.3, -0.25) is 0 Å². The Morgan fingerprint density at radius 1 is 1.45 bits per heavy atom. The molecule has 0 saturated heterocycles. The molecule has 0 amide bonds. The molecule has 0 rings (SSSR count). The van der Waals surface area contributed by atoms with Crippen molar-refractivity contribution >= 4 is 0 Å². The molecule has 0 heterocycles. The van der Waals surface area contributed by atoms with Crippen LogP contribution in [0.15, 0.2) is 23.8 Å². The normalized spacial score (nSPS) is 9.36. The van der Waals surface area contributed by atoms with E-state index in [9.17, 15) is 0 Å². The molecule has 0 spiro atoms. The van der Waals surface area contributed by atoms with Crippen molar-refractivity contribution < 1.29 is 0 Å². The molecule has 0 aromatic heterocycles. The molecule has 0 radical (unpaired) electrons. The molecule has 0 aliphatic carbocycles. The van der Waals surface area contributed by atoms with E-state index in [-0.39, 0.29) is 0 Å².